The molecule has 0 aliphatic rings. The molecule has 2 aromatic rings. The van der Waals surface area contributed by atoms with Crippen LogP contribution in [0.4, 0.5) is 5.13 Å². The van der Waals surface area contributed by atoms with Crippen LogP contribution in [-0.4, -0.2) is 9.97 Å². The highest BCUT2D eigenvalue weighted by atomic mass is 32.1. The molecule has 5 heteroatoms. The van der Waals surface area contributed by atoms with Gasteiger partial charge < -0.3 is 11.5 Å². The van der Waals surface area contributed by atoms with Crippen LogP contribution in [0.5, 0.6) is 0 Å². The average molecular weight is 208 g/mol. The van der Waals surface area contributed by atoms with Crippen LogP contribution in [0.3, 0.4) is 0 Å². The number of rotatable bonds is 1. The lowest BCUT2D eigenvalue weighted by atomic mass is 10.4. The van der Waals surface area contributed by atoms with Gasteiger partial charge in [-0.05, 0) is 12.1 Å². The minimum Gasteiger partial charge on any atom is -0.375 e. The first-order valence-corrected chi connectivity index (χ1v) is 4.96. The molecule has 0 saturated heterocycles. The van der Waals surface area contributed by atoms with Crippen molar-refractivity contribution in [2.45, 2.75) is 6.54 Å². The molecule has 0 radical (unpaired) electrons. The highest BCUT2D eigenvalue weighted by molar-refractivity contribution is 7.13. The normalized spacial score (nSPS) is 8.93. The van der Waals surface area contributed by atoms with Crippen molar-refractivity contribution in [3.05, 3.63) is 41.7 Å². The van der Waals surface area contributed by atoms with Crippen LogP contribution in [0.1, 0.15) is 5.69 Å². The molecule has 0 amide bonds. The maximum atomic E-state index is 5.29. The maximum Gasteiger partial charge on any atom is 0.179 e. The molecular formula is C9H12N4S. The molecule has 74 valence electrons. The Bertz CT molecular complexity index is 333. The highest BCUT2D eigenvalue weighted by Crippen LogP contribution is 2.02. The first-order valence-electron chi connectivity index (χ1n) is 4.08. The van der Waals surface area contributed by atoms with E-state index in [1.807, 2.05) is 23.6 Å². The summed E-state index contributed by atoms with van der Waals surface area (Å²) in [6.45, 7) is 0.529. The summed E-state index contributed by atoms with van der Waals surface area (Å²) >= 11 is 1.44. The van der Waals surface area contributed by atoms with Crippen LogP contribution in [0, 0.1) is 0 Å². The molecule has 0 aliphatic heterocycles. The van der Waals surface area contributed by atoms with E-state index >= 15 is 0 Å². The average Bonchev–Trinajstić information content (AvgIpc) is 2.71. The van der Waals surface area contributed by atoms with Crippen molar-refractivity contribution in [1.82, 2.24) is 9.97 Å². The Labute approximate surface area is 86.6 Å². The molecule has 2 aromatic heterocycles. The second-order valence-corrected chi connectivity index (χ2v) is 3.32. The van der Waals surface area contributed by atoms with E-state index in [9.17, 15) is 0 Å². The number of nitrogen functional groups attached to an aromatic ring is 1. The molecule has 0 unspecified atom stereocenters. The summed E-state index contributed by atoms with van der Waals surface area (Å²) < 4.78 is 0. The predicted octanol–water partition coefficient (Wildman–Crippen LogP) is 1.27. The van der Waals surface area contributed by atoms with Crippen molar-refractivity contribution in [3.8, 4) is 0 Å². The van der Waals surface area contributed by atoms with E-state index in [1.165, 1.54) is 11.3 Å². The molecule has 0 atom stereocenters. The molecule has 4 N–H and O–H groups in total. The molecule has 2 rings (SSSR count). The Morgan fingerprint density at radius 3 is 2.36 bits per heavy atom. The van der Waals surface area contributed by atoms with Crippen LogP contribution < -0.4 is 11.5 Å². The van der Waals surface area contributed by atoms with Crippen molar-refractivity contribution in [1.29, 1.82) is 0 Å². The number of hydrogen-bond donors (Lipinski definition) is 2. The number of pyridine rings is 1. The molecular weight excluding hydrogens is 196 g/mol. The van der Waals surface area contributed by atoms with E-state index in [-0.39, 0.29) is 0 Å². The second kappa shape index (κ2) is 6.06. The summed E-state index contributed by atoms with van der Waals surface area (Å²) in [6.07, 6.45) is 3.42. The number of aromatic nitrogens is 2. The summed E-state index contributed by atoms with van der Waals surface area (Å²) in [5.41, 5.74) is 11.4. The van der Waals surface area contributed by atoms with Crippen LogP contribution in [0.2, 0.25) is 0 Å². The lowest BCUT2D eigenvalue weighted by molar-refractivity contribution is 0.991. The summed E-state index contributed by atoms with van der Waals surface area (Å²) in [5.74, 6) is 0. The Morgan fingerprint density at radius 1 is 1.21 bits per heavy atom. The largest absolute Gasteiger partial charge is 0.375 e. The highest BCUT2D eigenvalue weighted by Gasteiger charge is 1.81. The number of nitrogens with zero attached hydrogens (tertiary/aromatic N) is 2. The first-order chi connectivity index (χ1) is 6.83. The fourth-order valence-electron chi connectivity index (χ4n) is 0.753. The monoisotopic (exact) mass is 208 g/mol. The summed E-state index contributed by atoms with van der Waals surface area (Å²) in [6, 6.07) is 5.70. The van der Waals surface area contributed by atoms with Crippen LogP contribution in [-0.2, 0) is 6.54 Å². The number of hydrogen-bond acceptors (Lipinski definition) is 5. The van der Waals surface area contributed by atoms with Crippen molar-refractivity contribution < 1.29 is 0 Å². The number of nitrogens with two attached hydrogens (primary N) is 2. The molecule has 0 spiro atoms. The topological polar surface area (TPSA) is 77.8 Å². The smallest absolute Gasteiger partial charge is 0.179 e. The van der Waals surface area contributed by atoms with E-state index in [0.29, 0.717) is 11.7 Å². The summed E-state index contributed by atoms with van der Waals surface area (Å²) in [4.78, 5) is 7.69. The van der Waals surface area contributed by atoms with Gasteiger partial charge in [0.15, 0.2) is 5.13 Å². The molecule has 0 bridgehead atoms. The van der Waals surface area contributed by atoms with Crippen molar-refractivity contribution in [2.75, 3.05) is 5.73 Å². The molecule has 0 saturated carbocycles. The standard InChI is InChI=1S/C6H8N2.C3H4N2S/c7-5-6-3-1-2-4-8-6;4-3-5-1-2-6-3/h1-4H,5,7H2;1-2H,(H2,4,5). The van der Waals surface area contributed by atoms with Gasteiger partial charge in [0.1, 0.15) is 0 Å². The van der Waals surface area contributed by atoms with Gasteiger partial charge in [-0.3, -0.25) is 4.98 Å². The van der Waals surface area contributed by atoms with Crippen molar-refractivity contribution >= 4 is 16.5 Å². The maximum absolute atomic E-state index is 5.29. The van der Waals surface area contributed by atoms with Gasteiger partial charge in [0.05, 0.1) is 5.69 Å². The quantitative estimate of drug-likeness (QED) is 0.739. The molecule has 2 heterocycles. The minimum atomic E-state index is 0.529. The zero-order chi connectivity index (χ0) is 10.2. The van der Waals surface area contributed by atoms with E-state index in [4.69, 9.17) is 11.5 Å². The van der Waals surface area contributed by atoms with E-state index in [1.54, 1.807) is 12.4 Å². The molecule has 0 aromatic carbocycles. The van der Waals surface area contributed by atoms with Crippen molar-refractivity contribution in [3.63, 3.8) is 0 Å². The first kappa shape index (κ1) is 10.6. The van der Waals surface area contributed by atoms with Gasteiger partial charge in [-0.2, -0.15) is 0 Å². The van der Waals surface area contributed by atoms with Gasteiger partial charge in [-0.25, -0.2) is 4.98 Å². The van der Waals surface area contributed by atoms with Gasteiger partial charge in [-0.15, -0.1) is 11.3 Å². The zero-order valence-electron chi connectivity index (χ0n) is 7.63. The number of thiazole rings is 1. The van der Waals surface area contributed by atoms with Gasteiger partial charge in [0.2, 0.25) is 0 Å². The third-order valence-corrected chi connectivity index (χ3v) is 1.99. The Hall–Kier alpha value is -1.46. The summed E-state index contributed by atoms with van der Waals surface area (Å²) in [7, 11) is 0. The Morgan fingerprint density at radius 2 is 2.07 bits per heavy atom. The van der Waals surface area contributed by atoms with E-state index in [2.05, 4.69) is 9.97 Å². The Balaban J connectivity index is 0.000000146. The third kappa shape index (κ3) is 3.97. The fourth-order valence-corrected chi connectivity index (χ4v) is 1.14. The van der Waals surface area contributed by atoms with Crippen LogP contribution in [0.25, 0.3) is 0 Å². The number of anilines is 1. The fraction of sp³-hybridized carbons (Fsp3) is 0.111. The Kier molecular flexibility index (Phi) is 4.60. The lowest BCUT2D eigenvalue weighted by Crippen LogP contribution is -1.97. The third-order valence-electron chi connectivity index (χ3n) is 1.39. The SMILES string of the molecule is NCc1ccccn1.Nc1nccs1. The van der Waals surface area contributed by atoms with Gasteiger partial charge in [0.25, 0.3) is 0 Å². The molecule has 4 nitrogen and oxygen atoms in total. The van der Waals surface area contributed by atoms with E-state index in [0.717, 1.165) is 5.69 Å². The predicted molar refractivity (Wildman–Crippen MR) is 58.7 cm³/mol. The van der Waals surface area contributed by atoms with Gasteiger partial charge in [-0.1, -0.05) is 6.07 Å². The van der Waals surface area contributed by atoms with Crippen LogP contribution in [0.15, 0.2) is 36.0 Å². The van der Waals surface area contributed by atoms with E-state index < -0.39 is 0 Å². The summed E-state index contributed by atoms with van der Waals surface area (Å²) in [5, 5.41) is 2.48. The molecule has 0 fully saturated rings. The molecule has 0 aliphatic carbocycles. The van der Waals surface area contributed by atoms with Gasteiger partial charge >= 0.3 is 0 Å². The van der Waals surface area contributed by atoms with Gasteiger partial charge in [0, 0.05) is 24.3 Å². The van der Waals surface area contributed by atoms with Crippen molar-refractivity contribution in [2.24, 2.45) is 5.73 Å². The molecule has 14 heavy (non-hydrogen) atoms. The second-order valence-electron chi connectivity index (χ2n) is 2.40. The zero-order valence-corrected chi connectivity index (χ0v) is 8.45. The minimum absolute atomic E-state index is 0.529. The van der Waals surface area contributed by atoms with Crippen LogP contribution >= 0.6 is 11.3 Å². The lowest BCUT2D eigenvalue weighted by Gasteiger charge is -1.89.